The van der Waals surface area contributed by atoms with Gasteiger partial charge in [0, 0.05) is 19.7 Å². The van der Waals surface area contributed by atoms with Crippen molar-refractivity contribution in [3.05, 3.63) is 65.2 Å². The van der Waals surface area contributed by atoms with Crippen LogP contribution < -0.4 is 4.74 Å². The monoisotopic (exact) mass is 327 g/mol. The molecule has 128 valence electrons. The molecule has 0 aliphatic rings. The molecule has 2 rings (SSSR count). The fourth-order valence-electron chi connectivity index (χ4n) is 2.50. The van der Waals surface area contributed by atoms with Crippen molar-refractivity contribution in [2.75, 3.05) is 20.3 Å². The molecular weight excluding hydrogens is 302 g/mol. The van der Waals surface area contributed by atoms with Crippen molar-refractivity contribution >= 4 is 5.91 Å². The van der Waals surface area contributed by atoms with Gasteiger partial charge in [0.2, 0.25) is 5.91 Å². The van der Waals surface area contributed by atoms with Crippen LogP contribution in [0.4, 0.5) is 0 Å². The molecule has 0 saturated carbocycles. The van der Waals surface area contributed by atoms with E-state index in [-0.39, 0.29) is 12.5 Å². The zero-order chi connectivity index (χ0) is 17.4. The van der Waals surface area contributed by atoms with E-state index in [1.807, 2.05) is 48.2 Å². The summed E-state index contributed by atoms with van der Waals surface area (Å²) in [5.41, 5.74) is 3.37. The van der Waals surface area contributed by atoms with Gasteiger partial charge < -0.3 is 14.4 Å². The van der Waals surface area contributed by atoms with E-state index in [0.717, 1.165) is 16.9 Å². The van der Waals surface area contributed by atoms with Crippen molar-refractivity contribution in [1.29, 1.82) is 0 Å². The summed E-state index contributed by atoms with van der Waals surface area (Å²) in [7, 11) is 1.64. The lowest BCUT2D eigenvalue weighted by Crippen LogP contribution is -2.33. The number of carbonyl (C=O) groups is 1. The summed E-state index contributed by atoms with van der Waals surface area (Å²) in [5, 5.41) is 0. The minimum Gasteiger partial charge on any atom is -0.497 e. The Kier molecular flexibility index (Phi) is 6.82. The van der Waals surface area contributed by atoms with Crippen LogP contribution in [-0.2, 0) is 22.6 Å². The fourth-order valence-corrected chi connectivity index (χ4v) is 2.50. The summed E-state index contributed by atoms with van der Waals surface area (Å²) >= 11 is 0. The summed E-state index contributed by atoms with van der Waals surface area (Å²) in [6.45, 7) is 5.70. The molecule has 2 aromatic carbocycles. The Labute approximate surface area is 144 Å². The average molecular weight is 327 g/mol. The Bertz CT molecular complexity index is 652. The van der Waals surface area contributed by atoms with Crippen LogP contribution in [0.5, 0.6) is 5.75 Å². The molecule has 0 spiro atoms. The number of benzene rings is 2. The second kappa shape index (κ2) is 9.08. The molecule has 0 saturated heterocycles. The molecule has 4 heteroatoms. The minimum absolute atomic E-state index is 0.00539. The molecule has 0 aliphatic heterocycles. The van der Waals surface area contributed by atoms with E-state index in [1.165, 1.54) is 5.56 Å². The van der Waals surface area contributed by atoms with Crippen LogP contribution in [0.1, 0.15) is 23.6 Å². The topological polar surface area (TPSA) is 38.8 Å². The third kappa shape index (κ3) is 5.39. The maximum atomic E-state index is 12.5. The van der Waals surface area contributed by atoms with Gasteiger partial charge in [-0.3, -0.25) is 4.79 Å². The largest absolute Gasteiger partial charge is 0.497 e. The summed E-state index contributed by atoms with van der Waals surface area (Å²) in [6.07, 6.45) is 0. The van der Waals surface area contributed by atoms with Crippen molar-refractivity contribution in [1.82, 2.24) is 4.90 Å². The van der Waals surface area contributed by atoms with E-state index in [2.05, 4.69) is 19.1 Å². The Balaban J connectivity index is 2.13. The van der Waals surface area contributed by atoms with Crippen molar-refractivity contribution in [2.45, 2.75) is 26.9 Å². The van der Waals surface area contributed by atoms with Crippen molar-refractivity contribution in [3.63, 3.8) is 0 Å². The fraction of sp³-hybridized carbons (Fsp3) is 0.350. The number of rotatable bonds is 8. The summed E-state index contributed by atoms with van der Waals surface area (Å²) in [4.78, 5) is 14.3. The molecule has 0 heterocycles. The van der Waals surface area contributed by atoms with E-state index in [4.69, 9.17) is 9.47 Å². The molecule has 0 unspecified atom stereocenters. The Morgan fingerprint density at radius 1 is 1.04 bits per heavy atom. The SMILES string of the molecule is CCOCC(=O)N(Cc1ccc(OC)cc1)Cc1cccc(C)c1. The lowest BCUT2D eigenvalue weighted by molar-refractivity contribution is -0.137. The first-order valence-corrected chi connectivity index (χ1v) is 8.16. The first-order chi connectivity index (χ1) is 11.6. The zero-order valence-electron chi connectivity index (χ0n) is 14.6. The second-order valence-electron chi connectivity index (χ2n) is 5.72. The third-order valence-electron chi connectivity index (χ3n) is 3.77. The highest BCUT2D eigenvalue weighted by atomic mass is 16.5. The molecule has 2 aromatic rings. The number of hydrogen-bond acceptors (Lipinski definition) is 3. The van der Waals surface area contributed by atoms with Gasteiger partial charge in [0.25, 0.3) is 0 Å². The molecule has 24 heavy (non-hydrogen) atoms. The Morgan fingerprint density at radius 3 is 2.38 bits per heavy atom. The van der Waals surface area contributed by atoms with Crippen LogP contribution in [0.2, 0.25) is 0 Å². The molecule has 0 fully saturated rings. The number of carbonyl (C=O) groups excluding carboxylic acids is 1. The van der Waals surface area contributed by atoms with E-state index in [0.29, 0.717) is 19.7 Å². The van der Waals surface area contributed by atoms with Gasteiger partial charge in [-0.15, -0.1) is 0 Å². The molecule has 0 aliphatic carbocycles. The zero-order valence-corrected chi connectivity index (χ0v) is 14.6. The first-order valence-electron chi connectivity index (χ1n) is 8.16. The van der Waals surface area contributed by atoms with Crippen LogP contribution in [0.15, 0.2) is 48.5 Å². The van der Waals surface area contributed by atoms with Gasteiger partial charge in [-0.2, -0.15) is 0 Å². The molecule has 0 bridgehead atoms. The van der Waals surface area contributed by atoms with Gasteiger partial charge in [0.1, 0.15) is 12.4 Å². The van der Waals surface area contributed by atoms with Gasteiger partial charge in [-0.1, -0.05) is 42.0 Å². The number of nitrogens with zero attached hydrogens (tertiary/aromatic N) is 1. The van der Waals surface area contributed by atoms with E-state index in [1.54, 1.807) is 7.11 Å². The maximum absolute atomic E-state index is 12.5. The molecule has 4 nitrogen and oxygen atoms in total. The van der Waals surface area contributed by atoms with Gasteiger partial charge in [-0.05, 0) is 37.1 Å². The molecule has 0 aromatic heterocycles. The number of hydrogen-bond donors (Lipinski definition) is 0. The van der Waals surface area contributed by atoms with Crippen molar-refractivity contribution in [2.24, 2.45) is 0 Å². The maximum Gasteiger partial charge on any atom is 0.249 e. The number of ether oxygens (including phenoxy) is 2. The number of aryl methyl sites for hydroxylation is 1. The highest BCUT2D eigenvalue weighted by molar-refractivity contribution is 5.77. The molecule has 0 radical (unpaired) electrons. The van der Waals surface area contributed by atoms with Crippen molar-refractivity contribution in [3.8, 4) is 5.75 Å². The van der Waals surface area contributed by atoms with Gasteiger partial charge in [-0.25, -0.2) is 0 Å². The van der Waals surface area contributed by atoms with Gasteiger partial charge in [0.15, 0.2) is 0 Å². The first kappa shape index (κ1) is 18.0. The van der Waals surface area contributed by atoms with Gasteiger partial charge >= 0.3 is 0 Å². The molecule has 0 atom stereocenters. The van der Waals surface area contributed by atoms with E-state index in [9.17, 15) is 4.79 Å². The third-order valence-corrected chi connectivity index (χ3v) is 3.77. The molecule has 0 N–H and O–H groups in total. The van der Waals surface area contributed by atoms with Crippen LogP contribution >= 0.6 is 0 Å². The van der Waals surface area contributed by atoms with Crippen molar-refractivity contribution < 1.29 is 14.3 Å². The second-order valence-corrected chi connectivity index (χ2v) is 5.72. The lowest BCUT2D eigenvalue weighted by Gasteiger charge is -2.23. The standard InChI is InChI=1S/C20H25NO3/c1-4-24-15-20(22)21(14-18-7-5-6-16(2)12-18)13-17-8-10-19(23-3)11-9-17/h5-12H,4,13-15H2,1-3H3. The Morgan fingerprint density at radius 2 is 1.75 bits per heavy atom. The van der Waals surface area contributed by atoms with Crippen LogP contribution in [0.3, 0.4) is 0 Å². The Hall–Kier alpha value is -2.33. The molecular formula is C20H25NO3. The van der Waals surface area contributed by atoms with Crippen LogP contribution in [0, 0.1) is 6.92 Å². The average Bonchev–Trinajstić information content (AvgIpc) is 2.59. The highest BCUT2D eigenvalue weighted by Crippen LogP contribution is 2.15. The summed E-state index contributed by atoms with van der Waals surface area (Å²) in [5.74, 6) is 0.804. The van der Waals surface area contributed by atoms with Gasteiger partial charge in [0.05, 0.1) is 7.11 Å². The summed E-state index contributed by atoms with van der Waals surface area (Å²) < 4.78 is 10.5. The summed E-state index contributed by atoms with van der Waals surface area (Å²) in [6, 6.07) is 16.0. The van der Waals surface area contributed by atoms with E-state index < -0.39 is 0 Å². The number of amides is 1. The highest BCUT2D eigenvalue weighted by Gasteiger charge is 2.15. The molecule has 1 amide bonds. The van der Waals surface area contributed by atoms with E-state index >= 15 is 0 Å². The van der Waals surface area contributed by atoms with Crippen LogP contribution in [-0.4, -0.2) is 31.1 Å². The predicted octanol–water partition coefficient (Wildman–Crippen LogP) is 3.57. The predicted molar refractivity (Wildman–Crippen MR) is 94.9 cm³/mol. The quantitative estimate of drug-likeness (QED) is 0.744. The van der Waals surface area contributed by atoms with Crippen LogP contribution in [0.25, 0.3) is 0 Å². The smallest absolute Gasteiger partial charge is 0.249 e. The number of methoxy groups -OCH3 is 1. The lowest BCUT2D eigenvalue weighted by atomic mass is 10.1. The normalized spacial score (nSPS) is 10.5. The minimum atomic E-state index is -0.00539.